The van der Waals surface area contributed by atoms with Crippen LogP contribution in [0, 0.1) is 11.8 Å². The van der Waals surface area contributed by atoms with E-state index in [0.29, 0.717) is 18.3 Å². The average molecular weight is 374 g/mol. The van der Waals surface area contributed by atoms with E-state index in [2.05, 4.69) is 48.4 Å². The van der Waals surface area contributed by atoms with Gasteiger partial charge in [-0.3, -0.25) is 9.69 Å². The third-order valence-electron chi connectivity index (χ3n) is 5.88. The van der Waals surface area contributed by atoms with Gasteiger partial charge in [0.25, 0.3) is 0 Å². The van der Waals surface area contributed by atoms with Crippen LogP contribution in [0.1, 0.15) is 45.6 Å². The first kappa shape index (κ1) is 20.3. The van der Waals surface area contributed by atoms with Crippen LogP contribution < -0.4 is 10.6 Å². The lowest BCUT2D eigenvalue weighted by molar-refractivity contribution is -0.117. The number of carbonyl (C=O) groups is 1. The van der Waals surface area contributed by atoms with Crippen molar-refractivity contribution >= 4 is 11.6 Å². The zero-order valence-electron chi connectivity index (χ0n) is 17.0. The van der Waals surface area contributed by atoms with Crippen molar-refractivity contribution in [3.8, 4) is 0 Å². The molecule has 2 aliphatic rings. The van der Waals surface area contributed by atoms with Crippen molar-refractivity contribution in [2.24, 2.45) is 11.8 Å². The number of para-hydroxylation sites is 1. The number of anilines is 1. The molecule has 5 nitrogen and oxygen atoms in total. The van der Waals surface area contributed by atoms with Gasteiger partial charge in [-0.2, -0.15) is 0 Å². The molecule has 2 heterocycles. The fourth-order valence-corrected chi connectivity index (χ4v) is 4.51. The second kappa shape index (κ2) is 9.67. The van der Waals surface area contributed by atoms with Gasteiger partial charge in [0.05, 0.1) is 12.2 Å². The van der Waals surface area contributed by atoms with Gasteiger partial charge in [0.15, 0.2) is 0 Å². The third-order valence-corrected chi connectivity index (χ3v) is 5.88. The molecule has 0 aliphatic carbocycles. The Labute approximate surface area is 163 Å². The van der Waals surface area contributed by atoms with Gasteiger partial charge in [-0.1, -0.05) is 25.1 Å². The van der Waals surface area contributed by atoms with Crippen molar-refractivity contribution < 1.29 is 9.53 Å². The molecule has 2 fully saturated rings. The molecule has 2 saturated heterocycles. The number of hydrogen-bond donors (Lipinski definition) is 2. The second-order valence-corrected chi connectivity index (χ2v) is 8.43. The summed E-state index contributed by atoms with van der Waals surface area (Å²) in [5.41, 5.74) is 2.13. The van der Waals surface area contributed by atoms with Crippen LogP contribution in [0.4, 0.5) is 5.69 Å². The molecule has 5 heteroatoms. The lowest BCUT2D eigenvalue weighted by atomic mass is 9.84. The smallest absolute Gasteiger partial charge is 0.224 e. The molecule has 1 aromatic rings. The Kier molecular flexibility index (Phi) is 7.27. The van der Waals surface area contributed by atoms with Crippen molar-refractivity contribution in [1.29, 1.82) is 0 Å². The summed E-state index contributed by atoms with van der Waals surface area (Å²) in [6.07, 6.45) is 3.46. The molecule has 0 radical (unpaired) electrons. The number of hydrogen-bond acceptors (Lipinski definition) is 4. The maximum atomic E-state index is 12.7. The maximum absolute atomic E-state index is 12.7. The highest BCUT2D eigenvalue weighted by molar-refractivity contribution is 5.91. The largest absolute Gasteiger partial charge is 0.373 e. The highest BCUT2D eigenvalue weighted by atomic mass is 16.5. The van der Waals surface area contributed by atoms with Gasteiger partial charge in [0.2, 0.25) is 5.91 Å². The van der Waals surface area contributed by atoms with Gasteiger partial charge in [0, 0.05) is 31.7 Å². The number of morpholine rings is 1. The number of nitrogens with one attached hydrogen (secondary N) is 2. The summed E-state index contributed by atoms with van der Waals surface area (Å²) in [5, 5.41) is 6.58. The normalized spacial score (nSPS) is 25.9. The number of nitrogens with zero attached hydrogens (tertiary/aromatic N) is 1. The summed E-state index contributed by atoms with van der Waals surface area (Å²) in [6, 6.07) is 8.20. The Hall–Kier alpha value is -1.43. The molecular formula is C22H35N3O2. The van der Waals surface area contributed by atoms with Crippen molar-refractivity contribution in [2.75, 3.05) is 31.5 Å². The van der Waals surface area contributed by atoms with Crippen molar-refractivity contribution in [3.63, 3.8) is 0 Å². The van der Waals surface area contributed by atoms with E-state index in [4.69, 9.17) is 4.74 Å². The molecule has 0 aromatic heterocycles. The Morgan fingerprint density at radius 1 is 1.22 bits per heavy atom. The Bertz CT molecular complexity index is 605. The number of piperidine rings is 1. The van der Waals surface area contributed by atoms with E-state index in [1.54, 1.807) is 0 Å². The minimum Gasteiger partial charge on any atom is -0.373 e. The van der Waals surface area contributed by atoms with Gasteiger partial charge >= 0.3 is 0 Å². The van der Waals surface area contributed by atoms with E-state index >= 15 is 0 Å². The number of benzene rings is 1. The third kappa shape index (κ3) is 6.03. The van der Waals surface area contributed by atoms with E-state index in [1.807, 2.05) is 12.1 Å². The van der Waals surface area contributed by atoms with Crippen LogP contribution in [-0.4, -0.2) is 49.2 Å². The molecule has 3 rings (SSSR count). The molecule has 27 heavy (non-hydrogen) atoms. The van der Waals surface area contributed by atoms with Crippen LogP contribution in [0.15, 0.2) is 24.3 Å². The summed E-state index contributed by atoms with van der Waals surface area (Å²) < 4.78 is 5.83. The van der Waals surface area contributed by atoms with Gasteiger partial charge in [-0.05, 0) is 63.2 Å². The number of amides is 1. The van der Waals surface area contributed by atoms with E-state index in [9.17, 15) is 4.79 Å². The molecule has 150 valence electrons. The fraction of sp³-hybridized carbons (Fsp3) is 0.682. The van der Waals surface area contributed by atoms with Crippen LogP contribution in [0.5, 0.6) is 0 Å². The molecule has 3 atom stereocenters. The molecular weight excluding hydrogens is 338 g/mol. The molecule has 1 amide bonds. The van der Waals surface area contributed by atoms with Crippen LogP contribution in [0.25, 0.3) is 0 Å². The highest BCUT2D eigenvalue weighted by Gasteiger charge is 2.24. The van der Waals surface area contributed by atoms with Crippen molar-refractivity contribution in [1.82, 2.24) is 10.2 Å². The van der Waals surface area contributed by atoms with Crippen LogP contribution in [0.2, 0.25) is 0 Å². The maximum Gasteiger partial charge on any atom is 0.224 e. The Balaban J connectivity index is 1.57. The predicted molar refractivity (Wildman–Crippen MR) is 110 cm³/mol. The van der Waals surface area contributed by atoms with E-state index in [-0.39, 0.29) is 18.1 Å². The first-order chi connectivity index (χ1) is 13.0. The summed E-state index contributed by atoms with van der Waals surface area (Å²) in [7, 11) is 0. The summed E-state index contributed by atoms with van der Waals surface area (Å²) in [4.78, 5) is 15.1. The first-order valence-electron chi connectivity index (χ1n) is 10.5. The second-order valence-electron chi connectivity index (χ2n) is 8.43. The minimum absolute atomic E-state index is 0.136. The first-order valence-corrected chi connectivity index (χ1v) is 10.5. The SMILES string of the molecule is CC1CN(Cc2ccccc2NC(=O)CC(C)C2CCNCC2)CC(C)O1. The zero-order valence-corrected chi connectivity index (χ0v) is 17.0. The predicted octanol–water partition coefficient (Wildman–Crippen LogP) is 3.26. The minimum atomic E-state index is 0.136. The summed E-state index contributed by atoms with van der Waals surface area (Å²) in [6.45, 7) is 11.3. The molecule has 2 aliphatic heterocycles. The van der Waals surface area contributed by atoms with Gasteiger partial charge in [-0.15, -0.1) is 0 Å². The van der Waals surface area contributed by atoms with Crippen LogP contribution >= 0.6 is 0 Å². The Morgan fingerprint density at radius 2 is 1.89 bits per heavy atom. The van der Waals surface area contributed by atoms with E-state index in [1.165, 1.54) is 18.4 Å². The van der Waals surface area contributed by atoms with Gasteiger partial charge in [-0.25, -0.2) is 0 Å². The van der Waals surface area contributed by atoms with Crippen LogP contribution in [0.3, 0.4) is 0 Å². The highest BCUT2D eigenvalue weighted by Crippen LogP contribution is 2.26. The molecule has 0 bridgehead atoms. The standard InChI is InChI=1S/C22H35N3O2/c1-16(19-8-10-23-11-9-19)12-22(26)24-21-7-5-4-6-20(21)15-25-13-17(2)27-18(3)14-25/h4-7,16-19,23H,8-15H2,1-3H3,(H,24,26). The number of carbonyl (C=O) groups excluding carboxylic acids is 1. The van der Waals surface area contributed by atoms with E-state index < -0.39 is 0 Å². The number of ether oxygens (including phenoxy) is 1. The molecule has 1 aromatic carbocycles. The quantitative estimate of drug-likeness (QED) is 0.804. The van der Waals surface area contributed by atoms with E-state index in [0.717, 1.165) is 38.4 Å². The average Bonchev–Trinajstić information content (AvgIpc) is 2.63. The topological polar surface area (TPSA) is 53.6 Å². The zero-order chi connectivity index (χ0) is 19.2. The lowest BCUT2D eigenvalue weighted by Gasteiger charge is -2.35. The van der Waals surface area contributed by atoms with Crippen LogP contribution in [-0.2, 0) is 16.1 Å². The van der Waals surface area contributed by atoms with Crippen molar-refractivity contribution in [3.05, 3.63) is 29.8 Å². The Morgan fingerprint density at radius 3 is 2.59 bits per heavy atom. The lowest BCUT2D eigenvalue weighted by Crippen LogP contribution is -2.44. The van der Waals surface area contributed by atoms with Gasteiger partial charge in [0.1, 0.15) is 0 Å². The fourth-order valence-electron chi connectivity index (χ4n) is 4.51. The molecule has 0 saturated carbocycles. The molecule has 2 N–H and O–H groups in total. The monoisotopic (exact) mass is 373 g/mol. The van der Waals surface area contributed by atoms with Gasteiger partial charge < -0.3 is 15.4 Å². The summed E-state index contributed by atoms with van der Waals surface area (Å²) >= 11 is 0. The van der Waals surface area contributed by atoms with Crippen molar-refractivity contribution in [2.45, 2.75) is 58.8 Å². The summed E-state index contributed by atoms with van der Waals surface area (Å²) in [5.74, 6) is 1.22. The number of rotatable bonds is 6. The molecule has 0 spiro atoms. The molecule has 3 unspecified atom stereocenters.